The molecule has 3 heterocycles. The molecule has 26 heavy (non-hydrogen) atoms. The molecule has 2 fully saturated rings. The Morgan fingerprint density at radius 1 is 1.12 bits per heavy atom. The average molecular weight is 357 g/mol. The van der Waals surface area contributed by atoms with Crippen LogP contribution in [-0.2, 0) is 4.79 Å². The van der Waals surface area contributed by atoms with Gasteiger partial charge >= 0.3 is 0 Å². The lowest BCUT2D eigenvalue weighted by Crippen LogP contribution is -2.43. The first-order valence-electron chi connectivity index (χ1n) is 10.1. The van der Waals surface area contributed by atoms with Crippen LogP contribution < -0.4 is 0 Å². The molecule has 1 aromatic heterocycles. The van der Waals surface area contributed by atoms with Gasteiger partial charge in [0.15, 0.2) is 0 Å². The molecule has 1 atom stereocenters. The molecule has 0 saturated carbocycles. The van der Waals surface area contributed by atoms with Gasteiger partial charge in [0, 0.05) is 43.7 Å². The van der Waals surface area contributed by atoms with Gasteiger partial charge < -0.3 is 9.80 Å². The molecule has 0 spiro atoms. The summed E-state index contributed by atoms with van der Waals surface area (Å²) in [5, 5.41) is 0. The molecule has 2 aliphatic heterocycles. The number of likely N-dealkylation sites (tertiary alicyclic amines) is 2. The third-order valence-corrected chi connectivity index (χ3v) is 5.90. The van der Waals surface area contributed by atoms with E-state index in [2.05, 4.69) is 6.92 Å². The van der Waals surface area contributed by atoms with E-state index >= 15 is 0 Å². The summed E-state index contributed by atoms with van der Waals surface area (Å²) in [6.07, 6.45) is 5.70. The Kier molecular flexibility index (Phi) is 5.94. The number of nitrogens with zero attached hydrogens (tertiary/aromatic N) is 3. The fraction of sp³-hybridized carbons (Fsp3) is 0.667. The minimum atomic E-state index is 0.131. The summed E-state index contributed by atoms with van der Waals surface area (Å²) in [6, 6.07) is 4.21. The number of carbonyl (C=O) groups is 2. The topological polar surface area (TPSA) is 53.5 Å². The minimum Gasteiger partial charge on any atom is -0.343 e. The maximum atomic E-state index is 13.2. The molecule has 5 nitrogen and oxygen atoms in total. The van der Waals surface area contributed by atoms with Crippen molar-refractivity contribution in [2.75, 3.05) is 19.6 Å². The summed E-state index contributed by atoms with van der Waals surface area (Å²) in [7, 11) is 0. The Hall–Kier alpha value is -1.91. The Bertz CT molecular complexity index is 665. The van der Waals surface area contributed by atoms with Crippen molar-refractivity contribution >= 4 is 11.8 Å². The normalized spacial score (nSPS) is 21.7. The molecule has 1 aromatic rings. The Morgan fingerprint density at radius 2 is 1.85 bits per heavy atom. The van der Waals surface area contributed by atoms with Crippen LogP contribution in [0.4, 0.5) is 0 Å². The summed E-state index contributed by atoms with van der Waals surface area (Å²) < 4.78 is 0. The van der Waals surface area contributed by atoms with Crippen LogP contribution in [0.3, 0.4) is 0 Å². The summed E-state index contributed by atoms with van der Waals surface area (Å²) >= 11 is 0. The molecule has 0 radical (unpaired) electrons. The number of hydrogen-bond acceptors (Lipinski definition) is 3. The first-order valence-corrected chi connectivity index (χ1v) is 10.1. The predicted molar refractivity (Wildman–Crippen MR) is 102 cm³/mol. The largest absolute Gasteiger partial charge is 0.343 e. The predicted octanol–water partition coefficient (Wildman–Crippen LogP) is 3.52. The van der Waals surface area contributed by atoms with Crippen molar-refractivity contribution in [2.24, 2.45) is 0 Å². The standard InChI is InChI=1S/C21H31N3O2/c1-4-19(25)23-13-10-17(11-14-23)20-18(9-8-15(2)22-20)21(26)24-12-6-5-7-16(24)3/h8-9,16-17H,4-7,10-14H2,1-3H3. The van der Waals surface area contributed by atoms with Crippen molar-refractivity contribution in [3.8, 4) is 0 Å². The van der Waals surface area contributed by atoms with Crippen LogP contribution in [0.1, 0.15) is 80.0 Å². The number of hydrogen-bond donors (Lipinski definition) is 0. The molecule has 3 rings (SSSR count). The summed E-state index contributed by atoms with van der Waals surface area (Å²) in [5.41, 5.74) is 2.66. The fourth-order valence-corrected chi connectivity index (χ4v) is 4.25. The van der Waals surface area contributed by atoms with Gasteiger partial charge in [-0.2, -0.15) is 0 Å². The van der Waals surface area contributed by atoms with E-state index in [1.807, 2.05) is 35.8 Å². The zero-order valence-corrected chi connectivity index (χ0v) is 16.3. The summed E-state index contributed by atoms with van der Waals surface area (Å²) in [6.45, 7) is 8.41. The number of amides is 2. The SMILES string of the molecule is CCC(=O)N1CCC(c2nc(C)ccc2C(=O)N2CCCCC2C)CC1. The number of aromatic nitrogens is 1. The van der Waals surface area contributed by atoms with Gasteiger partial charge in [-0.3, -0.25) is 14.6 Å². The van der Waals surface area contributed by atoms with Crippen LogP contribution in [0.2, 0.25) is 0 Å². The van der Waals surface area contributed by atoms with Crippen molar-refractivity contribution in [3.05, 3.63) is 29.1 Å². The minimum absolute atomic E-state index is 0.131. The zero-order valence-electron chi connectivity index (χ0n) is 16.3. The maximum absolute atomic E-state index is 13.2. The van der Waals surface area contributed by atoms with Crippen LogP contribution in [0, 0.1) is 6.92 Å². The summed E-state index contributed by atoms with van der Waals surface area (Å²) in [4.78, 5) is 33.9. The molecule has 142 valence electrons. The van der Waals surface area contributed by atoms with E-state index in [1.165, 1.54) is 6.42 Å². The lowest BCUT2D eigenvalue weighted by Gasteiger charge is -2.35. The molecular weight excluding hydrogens is 326 g/mol. The molecule has 0 aromatic carbocycles. The van der Waals surface area contributed by atoms with Gasteiger partial charge in [-0.25, -0.2) is 0 Å². The van der Waals surface area contributed by atoms with Crippen LogP contribution in [0.5, 0.6) is 0 Å². The van der Waals surface area contributed by atoms with Crippen LogP contribution in [-0.4, -0.2) is 52.3 Å². The van der Waals surface area contributed by atoms with Crippen molar-refractivity contribution in [1.29, 1.82) is 0 Å². The molecule has 2 aliphatic rings. The van der Waals surface area contributed by atoms with E-state index in [-0.39, 0.29) is 17.7 Å². The highest BCUT2D eigenvalue weighted by molar-refractivity contribution is 5.95. The highest BCUT2D eigenvalue weighted by atomic mass is 16.2. The van der Waals surface area contributed by atoms with Crippen molar-refractivity contribution in [3.63, 3.8) is 0 Å². The second-order valence-corrected chi connectivity index (χ2v) is 7.74. The molecule has 0 aliphatic carbocycles. The van der Waals surface area contributed by atoms with Gasteiger partial charge in [0.25, 0.3) is 5.91 Å². The van der Waals surface area contributed by atoms with E-state index < -0.39 is 0 Å². The highest BCUT2D eigenvalue weighted by Gasteiger charge is 2.31. The number of carbonyl (C=O) groups excluding carboxylic acids is 2. The molecule has 2 saturated heterocycles. The number of rotatable bonds is 3. The molecule has 0 bridgehead atoms. The van der Waals surface area contributed by atoms with Gasteiger partial charge in [-0.1, -0.05) is 6.92 Å². The van der Waals surface area contributed by atoms with Gasteiger partial charge in [0.05, 0.1) is 11.3 Å². The second-order valence-electron chi connectivity index (χ2n) is 7.74. The van der Waals surface area contributed by atoms with E-state index in [0.29, 0.717) is 12.5 Å². The van der Waals surface area contributed by atoms with Gasteiger partial charge in [0.1, 0.15) is 0 Å². The van der Waals surface area contributed by atoms with Gasteiger partial charge in [-0.05, 0) is 58.1 Å². The van der Waals surface area contributed by atoms with Crippen LogP contribution in [0.15, 0.2) is 12.1 Å². The van der Waals surface area contributed by atoms with Gasteiger partial charge in [0.2, 0.25) is 5.91 Å². The molecular formula is C21H31N3O2. The molecule has 2 amide bonds. The third-order valence-electron chi connectivity index (χ3n) is 5.90. The number of pyridine rings is 1. The van der Waals surface area contributed by atoms with E-state index in [4.69, 9.17) is 4.98 Å². The quantitative estimate of drug-likeness (QED) is 0.832. The van der Waals surface area contributed by atoms with Gasteiger partial charge in [-0.15, -0.1) is 0 Å². The van der Waals surface area contributed by atoms with E-state index in [9.17, 15) is 9.59 Å². The monoisotopic (exact) mass is 357 g/mol. The van der Waals surface area contributed by atoms with Crippen molar-refractivity contribution < 1.29 is 9.59 Å². The Balaban J connectivity index is 1.80. The molecule has 0 N–H and O–H groups in total. The highest BCUT2D eigenvalue weighted by Crippen LogP contribution is 2.31. The molecule has 5 heteroatoms. The number of piperidine rings is 2. The van der Waals surface area contributed by atoms with Crippen LogP contribution >= 0.6 is 0 Å². The fourth-order valence-electron chi connectivity index (χ4n) is 4.25. The van der Waals surface area contributed by atoms with E-state index in [0.717, 1.165) is 62.3 Å². The Morgan fingerprint density at radius 3 is 2.50 bits per heavy atom. The first-order chi connectivity index (χ1) is 12.5. The second kappa shape index (κ2) is 8.19. The lowest BCUT2D eigenvalue weighted by atomic mass is 9.89. The van der Waals surface area contributed by atoms with E-state index in [1.54, 1.807) is 0 Å². The smallest absolute Gasteiger partial charge is 0.255 e. The third kappa shape index (κ3) is 3.92. The van der Waals surface area contributed by atoms with Crippen molar-refractivity contribution in [1.82, 2.24) is 14.8 Å². The Labute approximate surface area is 156 Å². The van der Waals surface area contributed by atoms with Crippen LogP contribution in [0.25, 0.3) is 0 Å². The number of aryl methyl sites for hydroxylation is 1. The zero-order chi connectivity index (χ0) is 18.7. The summed E-state index contributed by atoms with van der Waals surface area (Å²) in [5.74, 6) is 0.612. The van der Waals surface area contributed by atoms with Crippen molar-refractivity contribution in [2.45, 2.75) is 71.3 Å². The lowest BCUT2D eigenvalue weighted by molar-refractivity contribution is -0.131. The maximum Gasteiger partial charge on any atom is 0.255 e. The molecule has 1 unspecified atom stereocenters. The first kappa shape index (κ1) is 18.9. The average Bonchev–Trinajstić information content (AvgIpc) is 2.67.